The van der Waals surface area contributed by atoms with Crippen LogP contribution in [0.2, 0.25) is 0 Å². The molecule has 2 nitrogen and oxygen atoms in total. The van der Waals surface area contributed by atoms with E-state index in [4.69, 9.17) is 0 Å². The molecule has 0 aliphatic heterocycles. The lowest BCUT2D eigenvalue weighted by Gasteiger charge is -2.53. The van der Waals surface area contributed by atoms with Crippen LogP contribution in [0.4, 0.5) is 0 Å². The zero-order valence-electron chi connectivity index (χ0n) is 15.4. The molecular formula is C24H28O2. The number of fused-ring (bicyclic) bond motifs is 5. The van der Waals surface area contributed by atoms with E-state index in [0.717, 1.165) is 25.7 Å². The summed E-state index contributed by atoms with van der Waals surface area (Å²) in [6.45, 7) is 2.42. The molecule has 26 heavy (non-hydrogen) atoms. The second kappa shape index (κ2) is 5.85. The SMILES string of the molecule is C[C@@]12C[C@@H](O)C[C@H]1[C@@H]1CCc3cc(O)ccc3[C@H]1[C@@H](c1ccccc1)C2. The van der Waals surface area contributed by atoms with Gasteiger partial charge in [-0.2, -0.15) is 0 Å². The molecule has 0 unspecified atom stereocenters. The summed E-state index contributed by atoms with van der Waals surface area (Å²) in [5.41, 5.74) is 4.45. The molecule has 2 saturated carbocycles. The summed E-state index contributed by atoms with van der Waals surface area (Å²) in [4.78, 5) is 0. The van der Waals surface area contributed by atoms with Gasteiger partial charge in [-0.25, -0.2) is 0 Å². The zero-order chi connectivity index (χ0) is 17.9. The van der Waals surface area contributed by atoms with Gasteiger partial charge in [0.2, 0.25) is 0 Å². The van der Waals surface area contributed by atoms with Crippen LogP contribution >= 0.6 is 0 Å². The Hall–Kier alpha value is -1.80. The van der Waals surface area contributed by atoms with E-state index in [1.54, 1.807) is 0 Å². The number of phenolic OH excluding ortho intramolecular Hbond substituents is 1. The van der Waals surface area contributed by atoms with Gasteiger partial charge in [0.05, 0.1) is 6.10 Å². The van der Waals surface area contributed by atoms with E-state index in [9.17, 15) is 10.2 Å². The van der Waals surface area contributed by atoms with Crippen molar-refractivity contribution in [2.24, 2.45) is 17.3 Å². The quantitative estimate of drug-likeness (QED) is 0.761. The van der Waals surface area contributed by atoms with Crippen molar-refractivity contribution in [3.8, 4) is 5.75 Å². The zero-order valence-corrected chi connectivity index (χ0v) is 15.4. The Bertz CT molecular complexity index is 814. The Morgan fingerprint density at radius 3 is 2.65 bits per heavy atom. The van der Waals surface area contributed by atoms with Gasteiger partial charge in [-0.05, 0) is 90.0 Å². The fourth-order valence-corrected chi connectivity index (χ4v) is 6.76. The first-order valence-corrected chi connectivity index (χ1v) is 10.1. The van der Waals surface area contributed by atoms with Gasteiger partial charge >= 0.3 is 0 Å². The Morgan fingerprint density at radius 2 is 1.85 bits per heavy atom. The van der Waals surface area contributed by atoms with Crippen molar-refractivity contribution in [3.05, 3.63) is 65.2 Å². The largest absolute Gasteiger partial charge is 0.508 e. The standard InChI is InChI=1S/C24H28O2/c1-24-13-18(26)12-22(24)20-9-7-16-11-17(25)8-10-19(16)23(20)21(14-24)15-5-3-2-4-6-15/h2-6,8,10-11,18,20-23,25-26H,7,9,12-14H2,1H3/t18-,20-,21+,22-,23+,24-/m0/s1. The molecule has 0 aromatic heterocycles. The van der Waals surface area contributed by atoms with E-state index < -0.39 is 0 Å². The summed E-state index contributed by atoms with van der Waals surface area (Å²) in [6.07, 6.45) is 5.16. The van der Waals surface area contributed by atoms with Crippen LogP contribution in [0.25, 0.3) is 0 Å². The van der Waals surface area contributed by atoms with E-state index in [0.29, 0.717) is 29.4 Å². The predicted molar refractivity (Wildman–Crippen MR) is 103 cm³/mol. The average Bonchev–Trinajstić information content (AvgIpc) is 2.95. The van der Waals surface area contributed by atoms with Crippen molar-refractivity contribution >= 4 is 0 Å². The van der Waals surface area contributed by atoms with Crippen LogP contribution in [0.5, 0.6) is 5.75 Å². The minimum Gasteiger partial charge on any atom is -0.508 e. The number of benzene rings is 2. The molecular weight excluding hydrogens is 320 g/mol. The van der Waals surface area contributed by atoms with E-state index in [1.165, 1.54) is 23.1 Å². The molecule has 0 radical (unpaired) electrons. The topological polar surface area (TPSA) is 40.5 Å². The highest BCUT2D eigenvalue weighted by molar-refractivity contribution is 5.43. The summed E-state index contributed by atoms with van der Waals surface area (Å²) in [5.74, 6) is 2.63. The van der Waals surface area contributed by atoms with Crippen LogP contribution in [-0.4, -0.2) is 16.3 Å². The first-order chi connectivity index (χ1) is 12.5. The maximum atomic E-state index is 10.5. The number of aliphatic hydroxyl groups is 1. The van der Waals surface area contributed by atoms with Gasteiger partial charge in [-0.3, -0.25) is 0 Å². The lowest BCUT2D eigenvalue weighted by molar-refractivity contribution is 0.0429. The minimum absolute atomic E-state index is 0.138. The number of phenols is 1. The maximum Gasteiger partial charge on any atom is 0.115 e. The van der Waals surface area contributed by atoms with E-state index >= 15 is 0 Å². The molecule has 0 bridgehead atoms. The molecule has 2 N–H and O–H groups in total. The molecule has 5 rings (SSSR count). The van der Waals surface area contributed by atoms with Gasteiger partial charge in [0.15, 0.2) is 0 Å². The van der Waals surface area contributed by atoms with Crippen LogP contribution in [0.3, 0.4) is 0 Å². The summed E-state index contributed by atoms with van der Waals surface area (Å²) in [5, 5.41) is 20.4. The van der Waals surface area contributed by atoms with E-state index in [-0.39, 0.29) is 11.5 Å². The predicted octanol–water partition coefficient (Wildman–Crippen LogP) is 5.00. The van der Waals surface area contributed by atoms with E-state index in [2.05, 4.69) is 43.3 Å². The van der Waals surface area contributed by atoms with Crippen molar-refractivity contribution in [1.29, 1.82) is 0 Å². The minimum atomic E-state index is -0.138. The fraction of sp³-hybridized carbons (Fsp3) is 0.500. The van der Waals surface area contributed by atoms with Gasteiger partial charge < -0.3 is 10.2 Å². The van der Waals surface area contributed by atoms with Gasteiger partial charge in [0, 0.05) is 0 Å². The number of aliphatic hydroxyl groups excluding tert-OH is 1. The molecule has 0 saturated heterocycles. The van der Waals surface area contributed by atoms with Gasteiger partial charge in [0.1, 0.15) is 5.75 Å². The molecule has 2 aromatic rings. The average molecular weight is 348 g/mol. The van der Waals surface area contributed by atoms with Gasteiger partial charge in [0.25, 0.3) is 0 Å². The van der Waals surface area contributed by atoms with Crippen LogP contribution < -0.4 is 0 Å². The first-order valence-electron chi connectivity index (χ1n) is 10.1. The van der Waals surface area contributed by atoms with Crippen molar-refractivity contribution < 1.29 is 10.2 Å². The van der Waals surface area contributed by atoms with Crippen LogP contribution in [0.15, 0.2) is 48.5 Å². The molecule has 2 heteroatoms. The van der Waals surface area contributed by atoms with Crippen molar-refractivity contribution in [1.82, 2.24) is 0 Å². The highest BCUT2D eigenvalue weighted by Gasteiger charge is 2.56. The monoisotopic (exact) mass is 348 g/mol. The molecule has 2 aromatic carbocycles. The molecule has 3 aliphatic carbocycles. The van der Waals surface area contributed by atoms with Gasteiger partial charge in [-0.1, -0.05) is 43.3 Å². The summed E-state index contributed by atoms with van der Waals surface area (Å²) in [7, 11) is 0. The number of aromatic hydroxyl groups is 1. The summed E-state index contributed by atoms with van der Waals surface area (Å²) in [6, 6.07) is 17.0. The molecule has 0 heterocycles. The summed E-state index contributed by atoms with van der Waals surface area (Å²) >= 11 is 0. The summed E-state index contributed by atoms with van der Waals surface area (Å²) < 4.78 is 0. The third-order valence-corrected chi connectivity index (χ3v) is 7.68. The number of hydrogen-bond donors (Lipinski definition) is 2. The second-order valence-corrected chi connectivity index (χ2v) is 9.19. The molecule has 2 fully saturated rings. The Morgan fingerprint density at radius 1 is 1.04 bits per heavy atom. The van der Waals surface area contributed by atoms with Crippen molar-refractivity contribution in [2.75, 3.05) is 0 Å². The molecule has 0 spiro atoms. The highest BCUT2D eigenvalue weighted by Crippen LogP contribution is 2.65. The van der Waals surface area contributed by atoms with Crippen LogP contribution in [0, 0.1) is 17.3 Å². The molecule has 3 aliphatic rings. The fourth-order valence-electron chi connectivity index (χ4n) is 6.76. The van der Waals surface area contributed by atoms with Crippen molar-refractivity contribution in [2.45, 2.75) is 57.0 Å². The third-order valence-electron chi connectivity index (χ3n) is 7.68. The van der Waals surface area contributed by atoms with Crippen LogP contribution in [-0.2, 0) is 6.42 Å². The van der Waals surface area contributed by atoms with Crippen LogP contribution in [0.1, 0.15) is 61.1 Å². The third kappa shape index (κ3) is 2.42. The first kappa shape index (κ1) is 16.4. The Labute approximate surface area is 155 Å². The normalized spacial score (nSPS) is 38.3. The number of hydrogen-bond acceptors (Lipinski definition) is 2. The smallest absolute Gasteiger partial charge is 0.115 e. The van der Waals surface area contributed by atoms with Gasteiger partial charge in [-0.15, -0.1) is 0 Å². The second-order valence-electron chi connectivity index (χ2n) is 9.19. The lowest BCUT2D eigenvalue weighted by Crippen LogP contribution is -2.43. The lowest BCUT2D eigenvalue weighted by atomic mass is 9.51. The number of aryl methyl sites for hydroxylation is 1. The molecule has 0 amide bonds. The molecule has 136 valence electrons. The van der Waals surface area contributed by atoms with E-state index in [1.807, 2.05) is 12.1 Å². The maximum absolute atomic E-state index is 10.5. The Kier molecular flexibility index (Phi) is 3.69. The number of rotatable bonds is 1. The van der Waals surface area contributed by atoms with Crippen molar-refractivity contribution in [3.63, 3.8) is 0 Å². The molecule has 6 atom stereocenters. The highest BCUT2D eigenvalue weighted by atomic mass is 16.3. The Balaban J connectivity index is 1.65.